The molecule has 14 heavy (non-hydrogen) atoms. The molecule has 0 aliphatic carbocycles. The SMILES string of the molecule is Cc1sc(N(C)C(C)C)nc1C(C)O. The number of thiazole rings is 1. The van der Waals surface area contributed by atoms with Crippen LogP contribution < -0.4 is 4.90 Å². The van der Waals surface area contributed by atoms with E-state index in [2.05, 4.69) is 23.7 Å². The van der Waals surface area contributed by atoms with Gasteiger partial charge in [-0.05, 0) is 27.7 Å². The largest absolute Gasteiger partial charge is 0.387 e. The molecule has 0 fully saturated rings. The lowest BCUT2D eigenvalue weighted by Crippen LogP contribution is -2.25. The normalized spacial score (nSPS) is 13.4. The molecule has 1 aromatic rings. The Morgan fingerprint density at radius 3 is 2.29 bits per heavy atom. The van der Waals surface area contributed by atoms with Crippen molar-refractivity contribution >= 4 is 16.5 Å². The lowest BCUT2D eigenvalue weighted by atomic mass is 10.3. The van der Waals surface area contributed by atoms with E-state index >= 15 is 0 Å². The first-order valence-corrected chi connectivity index (χ1v) is 5.63. The van der Waals surface area contributed by atoms with E-state index in [-0.39, 0.29) is 0 Å². The molecule has 3 nitrogen and oxygen atoms in total. The molecule has 0 saturated carbocycles. The smallest absolute Gasteiger partial charge is 0.185 e. The predicted molar refractivity (Wildman–Crippen MR) is 61.0 cm³/mol. The highest BCUT2D eigenvalue weighted by Crippen LogP contribution is 2.29. The summed E-state index contributed by atoms with van der Waals surface area (Å²) in [6.07, 6.45) is -0.472. The Balaban J connectivity index is 2.96. The fourth-order valence-electron chi connectivity index (χ4n) is 1.15. The van der Waals surface area contributed by atoms with Crippen molar-refractivity contribution in [3.8, 4) is 0 Å². The molecule has 0 spiro atoms. The number of aryl methyl sites for hydroxylation is 1. The van der Waals surface area contributed by atoms with Gasteiger partial charge >= 0.3 is 0 Å². The molecular weight excluding hydrogens is 196 g/mol. The van der Waals surface area contributed by atoms with Crippen LogP contribution in [0.25, 0.3) is 0 Å². The van der Waals surface area contributed by atoms with Crippen LogP contribution in [0.3, 0.4) is 0 Å². The molecule has 0 amide bonds. The van der Waals surface area contributed by atoms with Crippen LogP contribution in [0.1, 0.15) is 37.4 Å². The molecule has 0 radical (unpaired) electrons. The fourth-order valence-corrected chi connectivity index (χ4v) is 2.25. The van der Waals surface area contributed by atoms with Gasteiger partial charge in [-0.1, -0.05) is 0 Å². The average Bonchev–Trinajstić information content (AvgIpc) is 2.45. The molecule has 1 heterocycles. The minimum absolute atomic E-state index is 0.433. The summed E-state index contributed by atoms with van der Waals surface area (Å²) in [6, 6.07) is 0.433. The van der Waals surface area contributed by atoms with Crippen molar-refractivity contribution in [1.29, 1.82) is 0 Å². The second-order valence-corrected chi connectivity index (χ2v) is 5.00. The van der Waals surface area contributed by atoms with Crippen LogP contribution >= 0.6 is 11.3 Å². The lowest BCUT2D eigenvalue weighted by Gasteiger charge is -2.19. The van der Waals surface area contributed by atoms with Gasteiger partial charge in [-0.2, -0.15) is 0 Å². The number of rotatable bonds is 3. The van der Waals surface area contributed by atoms with Gasteiger partial charge in [0.25, 0.3) is 0 Å². The predicted octanol–water partition coefficient (Wildman–Crippen LogP) is 2.35. The number of hydrogen-bond acceptors (Lipinski definition) is 4. The van der Waals surface area contributed by atoms with Gasteiger partial charge in [0, 0.05) is 18.0 Å². The van der Waals surface area contributed by atoms with Crippen LogP contribution in [0.15, 0.2) is 0 Å². The molecule has 1 unspecified atom stereocenters. The van der Waals surface area contributed by atoms with Gasteiger partial charge in [-0.25, -0.2) is 4.98 Å². The summed E-state index contributed by atoms with van der Waals surface area (Å²) in [7, 11) is 2.02. The Bertz CT molecular complexity index is 307. The maximum atomic E-state index is 9.46. The van der Waals surface area contributed by atoms with Crippen LogP contribution in [0, 0.1) is 6.92 Å². The van der Waals surface area contributed by atoms with E-state index in [1.165, 1.54) is 0 Å². The maximum absolute atomic E-state index is 9.46. The minimum atomic E-state index is -0.472. The second-order valence-electron chi connectivity index (χ2n) is 3.82. The summed E-state index contributed by atoms with van der Waals surface area (Å²) in [6.45, 7) is 8.00. The van der Waals surface area contributed by atoms with Gasteiger partial charge in [0.05, 0.1) is 11.8 Å². The van der Waals surface area contributed by atoms with Crippen molar-refractivity contribution in [1.82, 2.24) is 4.98 Å². The topological polar surface area (TPSA) is 36.4 Å². The summed E-state index contributed by atoms with van der Waals surface area (Å²) in [5.74, 6) is 0. The summed E-state index contributed by atoms with van der Waals surface area (Å²) in [5.41, 5.74) is 0.803. The first kappa shape index (κ1) is 11.5. The standard InChI is InChI=1S/C10H18N2OS/c1-6(2)12(5)10-11-9(7(3)13)8(4)14-10/h6-7,13H,1-5H3. The van der Waals surface area contributed by atoms with Gasteiger partial charge in [0.15, 0.2) is 5.13 Å². The first-order chi connectivity index (χ1) is 6.43. The number of hydrogen-bond donors (Lipinski definition) is 1. The Kier molecular flexibility index (Phi) is 3.50. The molecule has 0 aliphatic rings. The minimum Gasteiger partial charge on any atom is -0.387 e. The van der Waals surface area contributed by atoms with E-state index in [1.54, 1.807) is 18.3 Å². The van der Waals surface area contributed by atoms with Crippen LogP contribution in [-0.4, -0.2) is 23.2 Å². The summed E-state index contributed by atoms with van der Waals surface area (Å²) in [5, 5.41) is 10.4. The number of aliphatic hydroxyl groups is 1. The quantitative estimate of drug-likeness (QED) is 0.839. The average molecular weight is 214 g/mol. The third kappa shape index (κ3) is 2.25. The zero-order valence-electron chi connectivity index (χ0n) is 9.40. The van der Waals surface area contributed by atoms with Crippen LogP contribution in [0.4, 0.5) is 5.13 Å². The zero-order valence-corrected chi connectivity index (χ0v) is 10.2. The monoisotopic (exact) mass is 214 g/mol. The van der Waals surface area contributed by atoms with Crippen molar-refractivity contribution in [2.24, 2.45) is 0 Å². The Labute approximate surface area is 89.4 Å². The fraction of sp³-hybridized carbons (Fsp3) is 0.700. The molecule has 0 aromatic carbocycles. The highest BCUT2D eigenvalue weighted by atomic mass is 32.1. The third-order valence-corrected chi connectivity index (χ3v) is 3.37. The Morgan fingerprint density at radius 1 is 1.36 bits per heavy atom. The first-order valence-electron chi connectivity index (χ1n) is 4.81. The molecule has 0 aliphatic heterocycles. The van der Waals surface area contributed by atoms with Gasteiger partial charge in [0.2, 0.25) is 0 Å². The molecule has 0 saturated heterocycles. The lowest BCUT2D eigenvalue weighted by molar-refractivity contribution is 0.194. The van der Waals surface area contributed by atoms with Crippen molar-refractivity contribution in [3.63, 3.8) is 0 Å². The van der Waals surface area contributed by atoms with Crippen molar-refractivity contribution in [2.75, 3.05) is 11.9 Å². The van der Waals surface area contributed by atoms with Gasteiger partial charge in [0.1, 0.15) is 0 Å². The molecule has 1 rings (SSSR count). The summed E-state index contributed by atoms with van der Waals surface area (Å²) >= 11 is 1.63. The number of nitrogens with zero attached hydrogens (tertiary/aromatic N) is 2. The van der Waals surface area contributed by atoms with E-state index < -0.39 is 6.10 Å². The second kappa shape index (κ2) is 4.28. The molecule has 0 bridgehead atoms. The number of anilines is 1. The summed E-state index contributed by atoms with van der Waals surface area (Å²) in [4.78, 5) is 7.64. The third-order valence-electron chi connectivity index (χ3n) is 2.29. The Morgan fingerprint density at radius 2 is 1.93 bits per heavy atom. The van der Waals surface area contributed by atoms with E-state index in [1.807, 2.05) is 14.0 Å². The van der Waals surface area contributed by atoms with E-state index in [0.29, 0.717) is 6.04 Å². The van der Waals surface area contributed by atoms with Crippen LogP contribution in [0.2, 0.25) is 0 Å². The summed E-state index contributed by atoms with van der Waals surface area (Å²) < 4.78 is 0. The zero-order chi connectivity index (χ0) is 10.9. The van der Waals surface area contributed by atoms with Crippen molar-refractivity contribution < 1.29 is 5.11 Å². The van der Waals surface area contributed by atoms with Crippen LogP contribution in [-0.2, 0) is 0 Å². The molecule has 1 N–H and O–H groups in total. The Hall–Kier alpha value is -0.610. The van der Waals surface area contributed by atoms with Crippen molar-refractivity contribution in [3.05, 3.63) is 10.6 Å². The highest BCUT2D eigenvalue weighted by Gasteiger charge is 2.15. The molecule has 4 heteroatoms. The van der Waals surface area contributed by atoms with Gasteiger partial charge in [-0.3, -0.25) is 0 Å². The molecule has 80 valence electrons. The van der Waals surface area contributed by atoms with Gasteiger partial charge in [-0.15, -0.1) is 11.3 Å². The van der Waals surface area contributed by atoms with Crippen molar-refractivity contribution in [2.45, 2.75) is 39.8 Å². The molecule has 1 aromatic heterocycles. The maximum Gasteiger partial charge on any atom is 0.185 e. The number of aliphatic hydroxyl groups excluding tert-OH is 1. The van der Waals surface area contributed by atoms with E-state index in [0.717, 1.165) is 15.7 Å². The van der Waals surface area contributed by atoms with E-state index in [9.17, 15) is 5.11 Å². The van der Waals surface area contributed by atoms with Gasteiger partial charge < -0.3 is 10.0 Å². The van der Waals surface area contributed by atoms with E-state index in [4.69, 9.17) is 0 Å². The number of aromatic nitrogens is 1. The highest BCUT2D eigenvalue weighted by molar-refractivity contribution is 7.15. The van der Waals surface area contributed by atoms with Crippen LogP contribution in [0.5, 0.6) is 0 Å². The molecular formula is C10H18N2OS. The molecule has 1 atom stereocenters.